The van der Waals surface area contributed by atoms with Gasteiger partial charge in [-0.25, -0.2) is 0 Å². The summed E-state index contributed by atoms with van der Waals surface area (Å²) in [7, 11) is 0. The highest BCUT2D eigenvalue weighted by Crippen LogP contribution is 2.40. The molecule has 0 amide bonds. The van der Waals surface area contributed by atoms with Gasteiger partial charge in [-0.15, -0.1) is 11.3 Å². The standard InChI is InChI=1S/C15H17Br2NOS/c1-8-3-4-10(5-9(8)2)12(7-18)14(19)11-6-13(16)20-15(11)17/h3-6,12,14,19H,7,18H2,1-2H3. The maximum Gasteiger partial charge on any atom is 0.0890 e. The van der Waals surface area contributed by atoms with E-state index in [0.29, 0.717) is 6.54 Å². The van der Waals surface area contributed by atoms with Crippen molar-refractivity contribution in [3.63, 3.8) is 0 Å². The number of nitrogens with two attached hydrogens (primary N) is 1. The number of aryl methyl sites for hydroxylation is 2. The van der Waals surface area contributed by atoms with E-state index in [-0.39, 0.29) is 5.92 Å². The van der Waals surface area contributed by atoms with Crippen LogP contribution in [0.3, 0.4) is 0 Å². The summed E-state index contributed by atoms with van der Waals surface area (Å²) in [5.74, 6) is -0.105. The van der Waals surface area contributed by atoms with Gasteiger partial charge in [0.1, 0.15) is 0 Å². The minimum absolute atomic E-state index is 0.105. The van der Waals surface area contributed by atoms with Crippen molar-refractivity contribution in [3.05, 3.63) is 54.1 Å². The van der Waals surface area contributed by atoms with Gasteiger partial charge < -0.3 is 10.8 Å². The lowest BCUT2D eigenvalue weighted by atomic mass is 9.88. The van der Waals surface area contributed by atoms with Gasteiger partial charge in [-0.1, -0.05) is 18.2 Å². The van der Waals surface area contributed by atoms with E-state index in [1.54, 1.807) is 11.3 Å². The molecule has 3 N–H and O–H groups in total. The fourth-order valence-electron chi connectivity index (χ4n) is 2.21. The molecule has 2 unspecified atom stereocenters. The topological polar surface area (TPSA) is 46.2 Å². The molecule has 1 aromatic carbocycles. The molecule has 2 aromatic rings. The third-order valence-corrected chi connectivity index (χ3v) is 5.98. The van der Waals surface area contributed by atoms with E-state index >= 15 is 0 Å². The molecule has 0 aliphatic heterocycles. The van der Waals surface area contributed by atoms with Crippen molar-refractivity contribution in [1.29, 1.82) is 0 Å². The smallest absolute Gasteiger partial charge is 0.0890 e. The number of hydrogen-bond donors (Lipinski definition) is 2. The van der Waals surface area contributed by atoms with Crippen LogP contribution in [-0.4, -0.2) is 11.7 Å². The Balaban J connectivity index is 2.36. The van der Waals surface area contributed by atoms with Crippen molar-refractivity contribution in [2.24, 2.45) is 5.73 Å². The quantitative estimate of drug-likeness (QED) is 0.757. The molecule has 0 fully saturated rings. The zero-order valence-corrected chi connectivity index (χ0v) is 15.3. The highest BCUT2D eigenvalue weighted by atomic mass is 79.9. The number of aliphatic hydroxyl groups excluding tert-OH is 1. The molecule has 0 aliphatic rings. The molecule has 0 radical (unpaired) electrons. The van der Waals surface area contributed by atoms with Gasteiger partial charge in [-0.05, 0) is 68.5 Å². The van der Waals surface area contributed by atoms with E-state index < -0.39 is 6.10 Å². The first kappa shape index (κ1) is 16.2. The maximum atomic E-state index is 10.7. The summed E-state index contributed by atoms with van der Waals surface area (Å²) < 4.78 is 1.94. The molecule has 0 spiro atoms. The van der Waals surface area contributed by atoms with E-state index in [0.717, 1.165) is 18.7 Å². The van der Waals surface area contributed by atoms with Crippen molar-refractivity contribution < 1.29 is 5.11 Å². The first-order chi connectivity index (χ1) is 9.43. The average molecular weight is 419 g/mol. The van der Waals surface area contributed by atoms with Gasteiger partial charge in [0.25, 0.3) is 0 Å². The number of hydrogen-bond acceptors (Lipinski definition) is 3. The van der Waals surface area contributed by atoms with Crippen LogP contribution in [0.2, 0.25) is 0 Å². The molecule has 1 aromatic heterocycles. The Morgan fingerprint density at radius 1 is 1.20 bits per heavy atom. The lowest BCUT2D eigenvalue weighted by Crippen LogP contribution is -2.20. The molecule has 0 aliphatic carbocycles. The first-order valence-electron chi connectivity index (χ1n) is 6.34. The molecule has 2 atom stereocenters. The van der Waals surface area contributed by atoms with Crippen molar-refractivity contribution in [2.45, 2.75) is 25.9 Å². The van der Waals surface area contributed by atoms with E-state index in [2.05, 4.69) is 63.9 Å². The van der Waals surface area contributed by atoms with Crippen molar-refractivity contribution in [2.75, 3.05) is 6.54 Å². The van der Waals surface area contributed by atoms with Gasteiger partial charge in [0.05, 0.1) is 13.7 Å². The van der Waals surface area contributed by atoms with Crippen LogP contribution in [-0.2, 0) is 0 Å². The summed E-state index contributed by atoms with van der Waals surface area (Å²) >= 11 is 8.51. The number of halogens is 2. The summed E-state index contributed by atoms with van der Waals surface area (Å²) in [6.07, 6.45) is -0.612. The largest absolute Gasteiger partial charge is 0.388 e. The van der Waals surface area contributed by atoms with Crippen LogP contribution in [0.1, 0.15) is 34.3 Å². The lowest BCUT2D eigenvalue weighted by Gasteiger charge is -2.22. The zero-order valence-electron chi connectivity index (χ0n) is 11.4. The lowest BCUT2D eigenvalue weighted by molar-refractivity contribution is 0.147. The fourth-order valence-corrected chi connectivity index (χ4v) is 5.12. The van der Waals surface area contributed by atoms with E-state index in [4.69, 9.17) is 5.73 Å². The highest BCUT2D eigenvalue weighted by Gasteiger charge is 2.25. The molecule has 5 heteroatoms. The molecule has 2 nitrogen and oxygen atoms in total. The number of benzene rings is 1. The highest BCUT2D eigenvalue weighted by molar-refractivity contribution is 9.12. The van der Waals surface area contributed by atoms with Gasteiger partial charge >= 0.3 is 0 Å². The maximum absolute atomic E-state index is 10.7. The molecular weight excluding hydrogens is 402 g/mol. The summed E-state index contributed by atoms with van der Waals surface area (Å²) in [5.41, 5.74) is 10.3. The molecular formula is C15H17Br2NOS. The Labute approximate surface area is 140 Å². The second kappa shape index (κ2) is 6.71. The molecule has 108 valence electrons. The van der Waals surface area contributed by atoms with Gasteiger partial charge in [0, 0.05) is 18.0 Å². The second-order valence-corrected chi connectivity index (χ2v) is 8.66. The Morgan fingerprint density at radius 2 is 1.90 bits per heavy atom. The number of aliphatic hydroxyl groups is 1. The van der Waals surface area contributed by atoms with Crippen LogP contribution in [0, 0.1) is 13.8 Å². The van der Waals surface area contributed by atoms with E-state index in [9.17, 15) is 5.11 Å². The Kier molecular flexibility index (Phi) is 5.42. The molecule has 0 saturated heterocycles. The van der Waals surface area contributed by atoms with E-state index in [1.807, 2.05) is 6.07 Å². The van der Waals surface area contributed by atoms with Crippen LogP contribution in [0.4, 0.5) is 0 Å². The van der Waals surface area contributed by atoms with E-state index in [1.165, 1.54) is 11.1 Å². The predicted molar refractivity (Wildman–Crippen MR) is 92.4 cm³/mol. The monoisotopic (exact) mass is 417 g/mol. The van der Waals surface area contributed by atoms with Crippen LogP contribution >= 0.6 is 43.2 Å². The molecule has 1 heterocycles. The number of rotatable bonds is 4. The molecule has 20 heavy (non-hydrogen) atoms. The Morgan fingerprint density at radius 3 is 2.40 bits per heavy atom. The minimum atomic E-state index is -0.612. The Bertz CT molecular complexity index is 612. The average Bonchev–Trinajstić information content (AvgIpc) is 2.73. The summed E-state index contributed by atoms with van der Waals surface area (Å²) in [6.45, 7) is 4.57. The van der Waals surface area contributed by atoms with Gasteiger partial charge in [0.15, 0.2) is 0 Å². The zero-order chi connectivity index (χ0) is 14.9. The van der Waals surface area contributed by atoms with Gasteiger partial charge in [-0.2, -0.15) is 0 Å². The third kappa shape index (κ3) is 3.34. The molecule has 2 rings (SSSR count). The summed E-state index contributed by atoms with van der Waals surface area (Å²) in [5, 5.41) is 10.7. The van der Waals surface area contributed by atoms with Crippen LogP contribution in [0.25, 0.3) is 0 Å². The number of thiophene rings is 1. The third-order valence-electron chi connectivity index (χ3n) is 3.60. The summed E-state index contributed by atoms with van der Waals surface area (Å²) in [6, 6.07) is 8.20. The van der Waals surface area contributed by atoms with Crippen molar-refractivity contribution in [1.82, 2.24) is 0 Å². The molecule has 0 bridgehead atoms. The first-order valence-corrected chi connectivity index (χ1v) is 8.74. The summed E-state index contributed by atoms with van der Waals surface area (Å²) in [4.78, 5) is 0. The SMILES string of the molecule is Cc1ccc(C(CN)C(O)c2cc(Br)sc2Br)cc1C. The Hall–Kier alpha value is -0.200. The predicted octanol–water partition coefficient (Wildman–Crippen LogP) is 4.67. The van der Waals surface area contributed by atoms with Crippen molar-refractivity contribution in [3.8, 4) is 0 Å². The van der Waals surface area contributed by atoms with Crippen molar-refractivity contribution >= 4 is 43.2 Å². The van der Waals surface area contributed by atoms with Crippen LogP contribution in [0.15, 0.2) is 31.8 Å². The van der Waals surface area contributed by atoms with Crippen LogP contribution in [0.5, 0.6) is 0 Å². The van der Waals surface area contributed by atoms with Crippen LogP contribution < -0.4 is 5.73 Å². The minimum Gasteiger partial charge on any atom is -0.388 e. The molecule has 0 saturated carbocycles. The fraction of sp³-hybridized carbons (Fsp3) is 0.333. The second-order valence-electron chi connectivity index (χ2n) is 4.91. The van der Waals surface area contributed by atoms with Gasteiger partial charge in [-0.3, -0.25) is 0 Å². The van der Waals surface area contributed by atoms with Gasteiger partial charge in [0.2, 0.25) is 0 Å². The normalized spacial score (nSPS) is 14.3.